The number of nitrogens with zero attached hydrogens (tertiary/aromatic N) is 1. The Morgan fingerprint density at radius 3 is 2.47 bits per heavy atom. The fourth-order valence-electron chi connectivity index (χ4n) is 6.32. The summed E-state index contributed by atoms with van der Waals surface area (Å²) < 4.78 is 0. The third kappa shape index (κ3) is 4.22. The SMILES string of the molecule is O=C(NC1CCCCC1)c1ccc2nc(-c3ccc(NC(=O)C4CC5CCC4C5)cc3)[nH]c2c1. The number of fused-ring (bicyclic) bond motifs is 3. The van der Waals surface area contributed by atoms with Gasteiger partial charge in [0.2, 0.25) is 5.91 Å². The molecule has 0 spiro atoms. The van der Waals surface area contributed by atoms with Gasteiger partial charge in [-0.15, -0.1) is 0 Å². The van der Waals surface area contributed by atoms with E-state index in [4.69, 9.17) is 4.98 Å². The van der Waals surface area contributed by atoms with Crippen LogP contribution in [0.1, 0.15) is 68.1 Å². The Balaban J connectivity index is 1.13. The van der Waals surface area contributed by atoms with Crippen molar-refractivity contribution in [3.63, 3.8) is 0 Å². The molecular weight excluding hydrogens is 424 g/mol. The van der Waals surface area contributed by atoms with Gasteiger partial charge in [-0.2, -0.15) is 0 Å². The summed E-state index contributed by atoms with van der Waals surface area (Å²) >= 11 is 0. The van der Waals surface area contributed by atoms with Crippen LogP contribution in [0.2, 0.25) is 0 Å². The second kappa shape index (κ2) is 8.90. The first-order valence-electron chi connectivity index (χ1n) is 12.8. The fraction of sp³-hybridized carbons (Fsp3) is 0.464. The molecular formula is C28H32N4O2. The maximum Gasteiger partial charge on any atom is 0.251 e. The van der Waals surface area contributed by atoms with Crippen LogP contribution < -0.4 is 10.6 Å². The zero-order valence-corrected chi connectivity index (χ0v) is 19.5. The van der Waals surface area contributed by atoms with E-state index in [9.17, 15) is 9.59 Å². The molecule has 6 heteroatoms. The van der Waals surface area contributed by atoms with Crippen LogP contribution in [0.3, 0.4) is 0 Å². The highest BCUT2D eigenvalue weighted by Crippen LogP contribution is 2.48. The molecule has 2 aromatic carbocycles. The first-order valence-corrected chi connectivity index (χ1v) is 12.8. The zero-order chi connectivity index (χ0) is 23.1. The first-order chi connectivity index (χ1) is 16.6. The molecule has 3 aliphatic carbocycles. The number of aromatic nitrogens is 2. The minimum atomic E-state index is -0.0134. The van der Waals surface area contributed by atoms with Crippen molar-refractivity contribution in [3.8, 4) is 11.4 Å². The fourth-order valence-corrected chi connectivity index (χ4v) is 6.32. The summed E-state index contributed by atoms with van der Waals surface area (Å²) in [4.78, 5) is 33.5. The van der Waals surface area contributed by atoms with E-state index in [1.54, 1.807) is 0 Å². The molecule has 3 fully saturated rings. The number of imidazole rings is 1. The Morgan fingerprint density at radius 2 is 1.74 bits per heavy atom. The Morgan fingerprint density at radius 1 is 0.912 bits per heavy atom. The number of H-pyrrole nitrogens is 1. The molecule has 2 amide bonds. The molecule has 6 rings (SSSR count). The van der Waals surface area contributed by atoms with E-state index in [0.717, 1.165) is 53.3 Å². The number of aromatic amines is 1. The molecule has 176 valence electrons. The Hall–Kier alpha value is -3.15. The number of amides is 2. The van der Waals surface area contributed by atoms with Gasteiger partial charge in [0.05, 0.1) is 11.0 Å². The van der Waals surface area contributed by atoms with Crippen LogP contribution in [0.15, 0.2) is 42.5 Å². The van der Waals surface area contributed by atoms with Gasteiger partial charge in [-0.1, -0.05) is 25.7 Å². The molecule has 0 radical (unpaired) electrons. The van der Waals surface area contributed by atoms with Crippen molar-refractivity contribution in [1.82, 2.24) is 15.3 Å². The summed E-state index contributed by atoms with van der Waals surface area (Å²) in [5.74, 6) is 2.43. The van der Waals surface area contributed by atoms with Crippen molar-refractivity contribution in [2.45, 2.75) is 63.8 Å². The maximum absolute atomic E-state index is 12.7. The van der Waals surface area contributed by atoms with Gasteiger partial charge >= 0.3 is 0 Å². The van der Waals surface area contributed by atoms with Gasteiger partial charge in [0.25, 0.3) is 5.91 Å². The molecule has 3 aromatic rings. The number of carbonyl (C=O) groups excluding carboxylic acids is 2. The van der Waals surface area contributed by atoms with Crippen molar-refractivity contribution >= 4 is 28.5 Å². The van der Waals surface area contributed by atoms with Crippen LogP contribution in [0.5, 0.6) is 0 Å². The molecule has 1 heterocycles. The highest BCUT2D eigenvalue weighted by Gasteiger charge is 2.43. The second-order valence-corrected chi connectivity index (χ2v) is 10.5. The third-order valence-corrected chi connectivity index (χ3v) is 8.19. The quantitative estimate of drug-likeness (QED) is 0.462. The summed E-state index contributed by atoms with van der Waals surface area (Å²) in [5, 5.41) is 6.29. The van der Waals surface area contributed by atoms with E-state index in [-0.39, 0.29) is 23.8 Å². The summed E-state index contributed by atoms with van der Waals surface area (Å²) in [6, 6.07) is 13.8. The lowest BCUT2D eigenvalue weighted by molar-refractivity contribution is -0.121. The average molecular weight is 457 g/mol. The van der Waals surface area contributed by atoms with Crippen LogP contribution in [0, 0.1) is 17.8 Å². The summed E-state index contributed by atoms with van der Waals surface area (Å²) in [5.41, 5.74) is 4.11. The molecule has 6 nitrogen and oxygen atoms in total. The van der Waals surface area contributed by atoms with Gasteiger partial charge in [-0.05, 0) is 86.4 Å². The monoisotopic (exact) mass is 456 g/mol. The summed E-state index contributed by atoms with van der Waals surface area (Å²) in [6.07, 6.45) is 10.6. The number of nitrogens with one attached hydrogen (secondary N) is 3. The van der Waals surface area contributed by atoms with Crippen molar-refractivity contribution in [1.29, 1.82) is 0 Å². The summed E-state index contributed by atoms with van der Waals surface area (Å²) in [7, 11) is 0. The van der Waals surface area contributed by atoms with Crippen molar-refractivity contribution in [2.24, 2.45) is 17.8 Å². The van der Waals surface area contributed by atoms with E-state index >= 15 is 0 Å². The van der Waals surface area contributed by atoms with E-state index in [1.807, 2.05) is 42.5 Å². The smallest absolute Gasteiger partial charge is 0.251 e. The number of hydrogen-bond donors (Lipinski definition) is 3. The van der Waals surface area contributed by atoms with Crippen LogP contribution in [-0.2, 0) is 4.79 Å². The molecule has 3 N–H and O–H groups in total. The average Bonchev–Trinajstić information content (AvgIpc) is 3.60. The zero-order valence-electron chi connectivity index (χ0n) is 19.5. The molecule has 3 unspecified atom stereocenters. The Bertz CT molecular complexity index is 1210. The minimum Gasteiger partial charge on any atom is -0.349 e. The van der Waals surface area contributed by atoms with Crippen LogP contribution in [-0.4, -0.2) is 27.8 Å². The number of rotatable bonds is 5. The topological polar surface area (TPSA) is 86.9 Å². The standard InChI is InChI=1S/C28H32N4O2/c33-27(29-21-4-2-1-3-5-21)20-10-13-24-25(16-20)32-26(31-24)18-8-11-22(12-9-18)30-28(34)23-15-17-6-7-19(23)14-17/h8-13,16-17,19,21,23H,1-7,14-15H2,(H,29,33)(H,30,34)(H,31,32). The van der Waals surface area contributed by atoms with Gasteiger partial charge in [-0.3, -0.25) is 9.59 Å². The molecule has 34 heavy (non-hydrogen) atoms. The number of carbonyl (C=O) groups is 2. The predicted molar refractivity (Wildman–Crippen MR) is 133 cm³/mol. The van der Waals surface area contributed by atoms with Gasteiger partial charge in [0.1, 0.15) is 5.82 Å². The van der Waals surface area contributed by atoms with Gasteiger partial charge in [0.15, 0.2) is 0 Å². The largest absolute Gasteiger partial charge is 0.349 e. The van der Waals surface area contributed by atoms with E-state index < -0.39 is 0 Å². The van der Waals surface area contributed by atoms with Crippen LogP contribution in [0.25, 0.3) is 22.4 Å². The summed E-state index contributed by atoms with van der Waals surface area (Å²) in [6.45, 7) is 0. The lowest BCUT2D eigenvalue weighted by Crippen LogP contribution is -2.36. The third-order valence-electron chi connectivity index (χ3n) is 8.19. The second-order valence-electron chi connectivity index (χ2n) is 10.5. The van der Waals surface area contributed by atoms with Gasteiger partial charge in [0, 0.05) is 28.8 Å². The molecule has 3 saturated carbocycles. The highest BCUT2D eigenvalue weighted by atomic mass is 16.2. The lowest BCUT2D eigenvalue weighted by atomic mass is 9.88. The minimum absolute atomic E-state index is 0.0134. The van der Waals surface area contributed by atoms with Crippen molar-refractivity contribution < 1.29 is 9.59 Å². The number of hydrogen-bond acceptors (Lipinski definition) is 3. The first kappa shape index (κ1) is 21.4. The Labute approximate surface area is 199 Å². The lowest BCUT2D eigenvalue weighted by Gasteiger charge is -2.22. The molecule has 3 aliphatic rings. The van der Waals surface area contributed by atoms with E-state index in [0.29, 0.717) is 11.5 Å². The van der Waals surface area contributed by atoms with Gasteiger partial charge in [-0.25, -0.2) is 4.98 Å². The Kier molecular flexibility index (Phi) is 5.60. The molecule has 0 saturated heterocycles. The normalized spacial score (nSPS) is 24.4. The van der Waals surface area contributed by atoms with Crippen LogP contribution in [0.4, 0.5) is 5.69 Å². The van der Waals surface area contributed by atoms with Crippen LogP contribution >= 0.6 is 0 Å². The van der Waals surface area contributed by atoms with Gasteiger partial charge < -0.3 is 15.6 Å². The molecule has 3 atom stereocenters. The maximum atomic E-state index is 12.7. The molecule has 0 aliphatic heterocycles. The van der Waals surface area contributed by atoms with Crippen molar-refractivity contribution in [3.05, 3.63) is 48.0 Å². The van der Waals surface area contributed by atoms with Crippen molar-refractivity contribution in [2.75, 3.05) is 5.32 Å². The van der Waals surface area contributed by atoms with E-state index in [2.05, 4.69) is 15.6 Å². The van der Waals surface area contributed by atoms with E-state index in [1.165, 1.54) is 38.5 Å². The highest BCUT2D eigenvalue weighted by molar-refractivity contribution is 5.98. The molecule has 2 bridgehead atoms. The predicted octanol–water partition coefficient (Wildman–Crippen LogP) is 5.67. The number of benzene rings is 2. The number of anilines is 1. The molecule has 1 aromatic heterocycles.